The predicted octanol–water partition coefficient (Wildman–Crippen LogP) is 5.52. The number of amides is 2. The molecule has 0 radical (unpaired) electrons. The molecule has 4 aromatic rings. The van der Waals surface area contributed by atoms with Crippen molar-refractivity contribution in [2.45, 2.75) is 25.7 Å². The second-order valence-corrected chi connectivity index (χ2v) is 9.20. The minimum atomic E-state index is -0.231. The van der Waals surface area contributed by atoms with Gasteiger partial charge in [-0.25, -0.2) is 4.68 Å². The van der Waals surface area contributed by atoms with E-state index in [9.17, 15) is 9.59 Å². The maximum Gasteiger partial charge on any atom is 0.245 e. The Labute approximate surface area is 211 Å². The topological polar surface area (TPSA) is 67.2 Å². The van der Waals surface area contributed by atoms with Gasteiger partial charge in [0.1, 0.15) is 5.82 Å². The van der Waals surface area contributed by atoms with Crippen molar-refractivity contribution in [3.8, 4) is 16.9 Å². The van der Waals surface area contributed by atoms with Gasteiger partial charge in [0.15, 0.2) is 0 Å². The van der Waals surface area contributed by atoms with E-state index < -0.39 is 0 Å². The van der Waals surface area contributed by atoms with Gasteiger partial charge in [0.05, 0.1) is 17.9 Å². The number of nitrogens with zero attached hydrogens (tertiary/aromatic N) is 3. The third-order valence-corrected chi connectivity index (χ3v) is 6.52. The minimum absolute atomic E-state index is 0.0192. The fraction of sp³-hybridized carbons (Fsp3) is 0.233. The van der Waals surface area contributed by atoms with E-state index in [1.54, 1.807) is 9.58 Å². The van der Waals surface area contributed by atoms with Crippen LogP contribution in [-0.2, 0) is 9.59 Å². The first-order valence-corrected chi connectivity index (χ1v) is 12.5. The monoisotopic (exact) mass is 478 g/mol. The molecule has 2 unspecified atom stereocenters. The summed E-state index contributed by atoms with van der Waals surface area (Å²) < 4.78 is 1.73. The number of nitrogens with one attached hydrogen (secondary N) is 1. The molecule has 182 valence electrons. The van der Waals surface area contributed by atoms with Crippen LogP contribution in [0.4, 0.5) is 5.82 Å². The maximum absolute atomic E-state index is 13.3. The number of para-hydroxylation sites is 1. The molecule has 0 aliphatic heterocycles. The lowest BCUT2D eigenvalue weighted by Gasteiger charge is -2.22. The first-order chi connectivity index (χ1) is 17.6. The average molecular weight is 479 g/mol. The van der Waals surface area contributed by atoms with Crippen molar-refractivity contribution in [3.05, 3.63) is 103 Å². The number of carbonyl (C=O) groups is 2. The lowest BCUT2D eigenvalue weighted by atomic mass is 10.1. The van der Waals surface area contributed by atoms with Crippen LogP contribution in [0.2, 0.25) is 0 Å². The number of anilines is 1. The number of aromatic nitrogens is 2. The second kappa shape index (κ2) is 10.6. The smallest absolute Gasteiger partial charge is 0.245 e. The average Bonchev–Trinajstić information content (AvgIpc) is 3.62. The lowest BCUT2D eigenvalue weighted by Crippen LogP contribution is -2.39. The summed E-state index contributed by atoms with van der Waals surface area (Å²) in [6.07, 6.45) is 1.63. The van der Waals surface area contributed by atoms with Crippen molar-refractivity contribution < 1.29 is 9.59 Å². The van der Waals surface area contributed by atoms with Gasteiger partial charge in [-0.2, -0.15) is 5.10 Å². The highest BCUT2D eigenvalue weighted by atomic mass is 16.2. The fourth-order valence-corrected chi connectivity index (χ4v) is 4.65. The van der Waals surface area contributed by atoms with Crippen LogP contribution >= 0.6 is 0 Å². The Balaban J connectivity index is 1.33. The molecule has 1 fully saturated rings. The largest absolute Gasteiger partial charge is 0.333 e. The van der Waals surface area contributed by atoms with Crippen molar-refractivity contribution in [3.63, 3.8) is 0 Å². The maximum atomic E-state index is 13.3. The summed E-state index contributed by atoms with van der Waals surface area (Å²) in [4.78, 5) is 28.2. The Kier molecular flexibility index (Phi) is 6.94. The minimum Gasteiger partial charge on any atom is -0.333 e. The first-order valence-electron chi connectivity index (χ1n) is 12.5. The van der Waals surface area contributed by atoms with E-state index in [0.29, 0.717) is 12.4 Å². The summed E-state index contributed by atoms with van der Waals surface area (Å²) in [6.45, 7) is 2.60. The molecule has 6 heteroatoms. The van der Waals surface area contributed by atoms with Crippen LogP contribution in [0.1, 0.15) is 31.2 Å². The van der Waals surface area contributed by atoms with Crippen LogP contribution in [0.15, 0.2) is 97.1 Å². The fourth-order valence-electron chi connectivity index (χ4n) is 4.65. The number of benzene rings is 3. The van der Waals surface area contributed by atoms with E-state index in [-0.39, 0.29) is 30.2 Å². The molecule has 5 rings (SSSR count). The Morgan fingerprint density at radius 3 is 2.25 bits per heavy atom. The summed E-state index contributed by atoms with van der Waals surface area (Å²) in [6, 6.07) is 31.6. The number of hydrogen-bond donors (Lipinski definition) is 1. The molecular weight excluding hydrogens is 448 g/mol. The van der Waals surface area contributed by atoms with Crippen molar-refractivity contribution in [1.82, 2.24) is 14.7 Å². The zero-order chi connectivity index (χ0) is 24.9. The number of carbonyl (C=O) groups excluding carboxylic acids is 2. The Morgan fingerprint density at radius 1 is 0.944 bits per heavy atom. The van der Waals surface area contributed by atoms with Crippen molar-refractivity contribution in [2.24, 2.45) is 5.92 Å². The second-order valence-electron chi connectivity index (χ2n) is 9.20. The first kappa shape index (κ1) is 23.5. The molecule has 1 saturated carbocycles. The highest BCUT2D eigenvalue weighted by Gasteiger charge is 2.45. The van der Waals surface area contributed by atoms with Crippen molar-refractivity contribution in [2.75, 3.05) is 18.4 Å². The molecule has 0 spiro atoms. The predicted molar refractivity (Wildman–Crippen MR) is 142 cm³/mol. The molecule has 1 aliphatic carbocycles. The zero-order valence-corrected chi connectivity index (χ0v) is 20.4. The summed E-state index contributed by atoms with van der Waals surface area (Å²) in [5, 5.41) is 7.77. The molecule has 36 heavy (non-hydrogen) atoms. The molecule has 3 aromatic carbocycles. The van der Waals surface area contributed by atoms with Crippen LogP contribution in [0.3, 0.4) is 0 Å². The van der Waals surface area contributed by atoms with Gasteiger partial charge in [-0.05, 0) is 36.5 Å². The van der Waals surface area contributed by atoms with Gasteiger partial charge in [0.25, 0.3) is 0 Å². The third-order valence-electron chi connectivity index (χ3n) is 6.52. The zero-order valence-electron chi connectivity index (χ0n) is 20.4. The quantitative estimate of drug-likeness (QED) is 0.344. The van der Waals surface area contributed by atoms with E-state index in [1.807, 2.05) is 91.9 Å². The standard InChI is InChI=1S/C30H30N4O2/c1-2-18-33(30(36)26-19-25(26)22-12-6-3-7-13-22)21-29(35)31-28-20-27(23-14-8-4-9-15-23)32-34(28)24-16-10-5-11-17-24/h3-17,20,25-26H,2,18-19,21H2,1H3,(H,31,35). The Morgan fingerprint density at radius 2 is 1.58 bits per heavy atom. The van der Waals surface area contributed by atoms with E-state index in [1.165, 1.54) is 5.56 Å². The van der Waals surface area contributed by atoms with Gasteiger partial charge < -0.3 is 10.2 Å². The highest BCUT2D eigenvalue weighted by molar-refractivity contribution is 5.95. The van der Waals surface area contributed by atoms with E-state index in [4.69, 9.17) is 5.10 Å². The van der Waals surface area contributed by atoms with Crippen molar-refractivity contribution in [1.29, 1.82) is 0 Å². The normalized spacial score (nSPS) is 16.4. The van der Waals surface area contributed by atoms with Gasteiger partial charge in [-0.1, -0.05) is 85.8 Å². The van der Waals surface area contributed by atoms with E-state index in [0.717, 1.165) is 29.8 Å². The molecule has 0 bridgehead atoms. The molecule has 6 nitrogen and oxygen atoms in total. The summed E-state index contributed by atoms with van der Waals surface area (Å²) in [5.74, 6) is 0.593. The van der Waals surface area contributed by atoms with E-state index in [2.05, 4.69) is 17.4 Å². The third kappa shape index (κ3) is 5.23. The molecule has 2 amide bonds. The van der Waals surface area contributed by atoms with Crippen LogP contribution in [-0.4, -0.2) is 39.6 Å². The van der Waals surface area contributed by atoms with Crippen molar-refractivity contribution >= 4 is 17.6 Å². The summed E-state index contributed by atoms with van der Waals surface area (Å²) in [5.41, 5.74) is 3.77. The molecular formula is C30H30N4O2. The van der Waals surface area contributed by atoms with Gasteiger partial charge in [-0.3, -0.25) is 9.59 Å². The number of rotatable bonds is 9. The summed E-state index contributed by atoms with van der Waals surface area (Å²) in [7, 11) is 0. The highest BCUT2D eigenvalue weighted by Crippen LogP contribution is 2.48. The van der Waals surface area contributed by atoms with Crippen LogP contribution in [0.25, 0.3) is 16.9 Å². The van der Waals surface area contributed by atoms with Gasteiger partial charge in [0.2, 0.25) is 11.8 Å². The summed E-state index contributed by atoms with van der Waals surface area (Å²) >= 11 is 0. The van der Waals surface area contributed by atoms with E-state index >= 15 is 0 Å². The van der Waals surface area contributed by atoms with Crippen LogP contribution in [0.5, 0.6) is 0 Å². The van der Waals surface area contributed by atoms with Crippen LogP contribution < -0.4 is 5.32 Å². The Bertz CT molecular complexity index is 1320. The molecule has 1 aromatic heterocycles. The molecule has 0 saturated heterocycles. The van der Waals surface area contributed by atoms with Crippen LogP contribution in [0, 0.1) is 5.92 Å². The number of hydrogen-bond acceptors (Lipinski definition) is 3. The Hall–Kier alpha value is -4.19. The molecule has 2 atom stereocenters. The molecule has 1 aliphatic rings. The van der Waals surface area contributed by atoms with Gasteiger partial charge in [-0.15, -0.1) is 0 Å². The van der Waals surface area contributed by atoms with Gasteiger partial charge in [0, 0.05) is 24.1 Å². The van der Waals surface area contributed by atoms with Gasteiger partial charge >= 0.3 is 0 Å². The molecule has 1 heterocycles. The molecule has 1 N–H and O–H groups in total. The lowest BCUT2D eigenvalue weighted by molar-refractivity contribution is -0.136. The SMILES string of the molecule is CCCN(CC(=O)Nc1cc(-c2ccccc2)nn1-c1ccccc1)C(=O)C1CC1c1ccccc1.